The van der Waals surface area contributed by atoms with Crippen LogP contribution in [-0.2, 0) is 21.1 Å². The van der Waals surface area contributed by atoms with Gasteiger partial charge in [0.2, 0.25) is 0 Å². The van der Waals surface area contributed by atoms with Gasteiger partial charge >= 0.3 is 5.97 Å². The van der Waals surface area contributed by atoms with Gasteiger partial charge in [0.05, 0.1) is 28.1 Å². The second-order valence-corrected chi connectivity index (χ2v) is 9.10. The van der Waals surface area contributed by atoms with E-state index in [9.17, 15) is 18.3 Å². The summed E-state index contributed by atoms with van der Waals surface area (Å²) in [5.74, 6) is 0.285. The number of rotatable bonds is 7. The Bertz CT molecular complexity index is 1350. The number of imidazole rings is 1. The van der Waals surface area contributed by atoms with Crippen molar-refractivity contribution in [3.8, 4) is 23.0 Å². The third kappa shape index (κ3) is 4.41. The topological polar surface area (TPSA) is 122 Å². The molecule has 0 spiro atoms. The number of sulfone groups is 1. The number of ether oxygens (including phenoxy) is 1. The van der Waals surface area contributed by atoms with E-state index in [1.807, 2.05) is 12.1 Å². The Balaban J connectivity index is 1.72. The van der Waals surface area contributed by atoms with E-state index in [1.165, 1.54) is 12.1 Å². The van der Waals surface area contributed by atoms with Crippen LogP contribution in [0.2, 0.25) is 0 Å². The minimum Gasteiger partial charge on any atom is -0.481 e. The van der Waals surface area contributed by atoms with Crippen LogP contribution in [0.1, 0.15) is 12.5 Å². The Morgan fingerprint density at radius 1 is 1.13 bits per heavy atom. The summed E-state index contributed by atoms with van der Waals surface area (Å²) in [6, 6.07) is 14.8. The normalized spacial score (nSPS) is 11.5. The number of aromatic amines is 1. The molecule has 4 rings (SSSR count). The molecule has 2 heterocycles. The highest BCUT2D eigenvalue weighted by molar-refractivity contribution is 7.91. The molecular formula is C22H19N3O5S. The zero-order valence-electron chi connectivity index (χ0n) is 16.6. The number of aliphatic carboxylic acids is 1. The minimum atomic E-state index is -3.32. The first-order valence-corrected chi connectivity index (χ1v) is 11.2. The fraction of sp³-hybridized carbons (Fsp3) is 0.136. The molecule has 0 unspecified atom stereocenters. The van der Waals surface area contributed by atoms with Gasteiger partial charge < -0.3 is 14.8 Å². The van der Waals surface area contributed by atoms with E-state index >= 15 is 0 Å². The van der Waals surface area contributed by atoms with Crippen molar-refractivity contribution in [3.05, 3.63) is 66.4 Å². The molecule has 2 N–H and O–H groups in total. The highest BCUT2D eigenvalue weighted by Crippen LogP contribution is 2.31. The van der Waals surface area contributed by atoms with Gasteiger partial charge in [-0.1, -0.05) is 13.0 Å². The number of nitrogens with one attached hydrogen (secondary N) is 1. The number of pyridine rings is 1. The summed E-state index contributed by atoms with van der Waals surface area (Å²) in [6.45, 7) is 1.58. The Kier molecular flexibility index (Phi) is 5.43. The third-order valence-electron chi connectivity index (χ3n) is 4.70. The molecule has 9 heteroatoms. The van der Waals surface area contributed by atoms with E-state index in [4.69, 9.17) is 4.74 Å². The first-order valence-electron chi connectivity index (χ1n) is 9.52. The van der Waals surface area contributed by atoms with Crippen molar-refractivity contribution in [1.29, 1.82) is 0 Å². The van der Waals surface area contributed by atoms with Crippen molar-refractivity contribution in [2.45, 2.75) is 18.2 Å². The molecule has 0 radical (unpaired) electrons. The highest BCUT2D eigenvalue weighted by atomic mass is 32.2. The molecular weight excluding hydrogens is 418 g/mol. The number of aromatic nitrogens is 3. The molecule has 0 aliphatic heterocycles. The lowest BCUT2D eigenvalue weighted by Gasteiger charge is -2.11. The summed E-state index contributed by atoms with van der Waals surface area (Å²) in [6.07, 6.45) is 1.42. The molecule has 2 aromatic heterocycles. The summed E-state index contributed by atoms with van der Waals surface area (Å²) in [5.41, 5.74) is 2.37. The van der Waals surface area contributed by atoms with E-state index in [0.29, 0.717) is 39.6 Å². The largest absolute Gasteiger partial charge is 0.481 e. The maximum atomic E-state index is 12.0. The second kappa shape index (κ2) is 8.19. The molecule has 0 saturated heterocycles. The monoisotopic (exact) mass is 437 g/mol. The SMILES string of the molecule is CCS(=O)(=O)c1ccc(Oc2cc3nc(-c4ccccn4)[nH]c3cc2CC(=O)O)cc1. The number of carbonyl (C=O) groups is 1. The van der Waals surface area contributed by atoms with E-state index in [-0.39, 0.29) is 17.1 Å². The Morgan fingerprint density at radius 3 is 2.55 bits per heavy atom. The Labute approximate surface area is 178 Å². The van der Waals surface area contributed by atoms with Crippen LogP contribution in [0.5, 0.6) is 11.5 Å². The molecule has 4 aromatic rings. The van der Waals surface area contributed by atoms with Crippen LogP contribution in [0.4, 0.5) is 0 Å². The van der Waals surface area contributed by atoms with Gasteiger partial charge in [0.25, 0.3) is 0 Å². The van der Waals surface area contributed by atoms with E-state index in [1.54, 1.807) is 43.5 Å². The number of carboxylic acids is 1. The lowest BCUT2D eigenvalue weighted by atomic mass is 10.1. The molecule has 158 valence electrons. The van der Waals surface area contributed by atoms with Crippen LogP contribution in [0.25, 0.3) is 22.6 Å². The van der Waals surface area contributed by atoms with Crippen LogP contribution in [0.3, 0.4) is 0 Å². The van der Waals surface area contributed by atoms with Crippen LogP contribution < -0.4 is 4.74 Å². The smallest absolute Gasteiger partial charge is 0.307 e. The number of carboxylic acid groups (broad SMARTS) is 1. The van der Waals surface area contributed by atoms with Crippen LogP contribution in [0, 0.1) is 0 Å². The summed E-state index contributed by atoms with van der Waals surface area (Å²) in [7, 11) is -3.32. The molecule has 2 aromatic carbocycles. The van der Waals surface area contributed by atoms with Crippen molar-refractivity contribution < 1.29 is 23.1 Å². The lowest BCUT2D eigenvalue weighted by Crippen LogP contribution is -2.04. The van der Waals surface area contributed by atoms with Gasteiger partial charge in [-0.3, -0.25) is 9.78 Å². The maximum absolute atomic E-state index is 12.0. The van der Waals surface area contributed by atoms with Crippen molar-refractivity contribution in [1.82, 2.24) is 15.0 Å². The zero-order valence-corrected chi connectivity index (χ0v) is 17.4. The molecule has 0 aliphatic carbocycles. The molecule has 31 heavy (non-hydrogen) atoms. The number of hydrogen-bond acceptors (Lipinski definition) is 6. The van der Waals surface area contributed by atoms with Crippen LogP contribution in [-0.4, -0.2) is 40.2 Å². The molecule has 0 fully saturated rings. The predicted octanol–water partition coefficient (Wildman–Crippen LogP) is 3.84. The first kappa shape index (κ1) is 20.5. The van der Waals surface area contributed by atoms with Crippen molar-refractivity contribution >= 4 is 26.8 Å². The van der Waals surface area contributed by atoms with E-state index in [2.05, 4.69) is 15.0 Å². The third-order valence-corrected chi connectivity index (χ3v) is 6.45. The number of nitrogens with zero attached hydrogens (tertiary/aromatic N) is 2. The maximum Gasteiger partial charge on any atom is 0.307 e. The fourth-order valence-corrected chi connectivity index (χ4v) is 4.00. The van der Waals surface area contributed by atoms with Crippen molar-refractivity contribution in [2.75, 3.05) is 5.75 Å². The van der Waals surface area contributed by atoms with Gasteiger partial charge in [-0.2, -0.15) is 0 Å². The van der Waals surface area contributed by atoms with E-state index in [0.717, 1.165) is 0 Å². The molecule has 0 bridgehead atoms. The Hall–Kier alpha value is -3.72. The van der Waals surface area contributed by atoms with Crippen molar-refractivity contribution in [3.63, 3.8) is 0 Å². The quantitative estimate of drug-likeness (QED) is 0.450. The lowest BCUT2D eigenvalue weighted by molar-refractivity contribution is -0.136. The number of H-pyrrole nitrogens is 1. The van der Waals surface area contributed by atoms with Gasteiger partial charge in [0.15, 0.2) is 15.7 Å². The predicted molar refractivity (Wildman–Crippen MR) is 115 cm³/mol. The summed E-state index contributed by atoms with van der Waals surface area (Å²) >= 11 is 0. The molecule has 0 aliphatic rings. The molecule has 8 nitrogen and oxygen atoms in total. The summed E-state index contributed by atoms with van der Waals surface area (Å²) in [4.78, 5) is 23.5. The Morgan fingerprint density at radius 2 is 1.90 bits per heavy atom. The van der Waals surface area contributed by atoms with Crippen LogP contribution >= 0.6 is 0 Å². The number of benzene rings is 2. The standard InChI is InChI=1S/C22H19N3O5S/c1-2-31(28,29)16-8-6-15(7-9-16)30-20-13-19-18(11-14(20)12-21(26)27)24-22(25-19)17-5-3-4-10-23-17/h3-11,13H,2,12H2,1H3,(H,24,25)(H,26,27). The molecule has 0 saturated carbocycles. The minimum absolute atomic E-state index is 0.00436. The van der Waals surface area contributed by atoms with Gasteiger partial charge in [-0.25, -0.2) is 13.4 Å². The van der Waals surface area contributed by atoms with Gasteiger partial charge in [-0.05, 0) is 42.5 Å². The van der Waals surface area contributed by atoms with Gasteiger partial charge in [-0.15, -0.1) is 0 Å². The summed E-state index contributed by atoms with van der Waals surface area (Å²) in [5, 5.41) is 9.31. The first-order chi connectivity index (χ1) is 14.9. The second-order valence-electron chi connectivity index (χ2n) is 6.82. The molecule has 0 atom stereocenters. The number of hydrogen-bond donors (Lipinski definition) is 2. The fourth-order valence-electron chi connectivity index (χ4n) is 3.11. The van der Waals surface area contributed by atoms with Crippen molar-refractivity contribution in [2.24, 2.45) is 0 Å². The zero-order chi connectivity index (χ0) is 22.0. The summed E-state index contributed by atoms with van der Waals surface area (Å²) < 4.78 is 29.9. The van der Waals surface area contributed by atoms with E-state index < -0.39 is 15.8 Å². The van der Waals surface area contributed by atoms with Crippen LogP contribution in [0.15, 0.2) is 65.7 Å². The molecule has 0 amide bonds. The van der Waals surface area contributed by atoms with Gasteiger partial charge in [0.1, 0.15) is 17.2 Å². The average Bonchev–Trinajstić information content (AvgIpc) is 3.17. The van der Waals surface area contributed by atoms with Gasteiger partial charge in [0, 0.05) is 17.8 Å². The highest BCUT2D eigenvalue weighted by Gasteiger charge is 2.16. The number of fused-ring (bicyclic) bond motifs is 1. The average molecular weight is 437 g/mol.